The van der Waals surface area contributed by atoms with Crippen molar-refractivity contribution in [1.29, 1.82) is 0 Å². The van der Waals surface area contributed by atoms with E-state index in [1.54, 1.807) is 0 Å². The molecule has 0 unspecified atom stereocenters. The van der Waals surface area contributed by atoms with E-state index in [0.29, 0.717) is 0 Å². The third kappa shape index (κ3) is 1.43. The summed E-state index contributed by atoms with van der Waals surface area (Å²) in [5.74, 6) is 0. The van der Waals surface area contributed by atoms with Crippen molar-refractivity contribution in [1.82, 2.24) is 0 Å². The maximum atomic E-state index is 3.60. The Bertz CT molecular complexity index is 683. The molecule has 0 atom stereocenters. The van der Waals surface area contributed by atoms with Crippen LogP contribution in [0.2, 0.25) is 0 Å². The third-order valence-electron chi connectivity index (χ3n) is 2.98. The van der Waals surface area contributed by atoms with Crippen molar-refractivity contribution in [3.63, 3.8) is 0 Å². The van der Waals surface area contributed by atoms with Gasteiger partial charge in [-0.1, -0.05) is 64.0 Å². The van der Waals surface area contributed by atoms with Crippen LogP contribution in [0.15, 0.2) is 53.0 Å². The molecule has 0 aliphatic rings. The Balaban J connectivity index is 2.58. The van der Waals surface area contributed by atoms with E-state index in [1.807, 2.05) is 0 Å². The van der Waals surface area contributed by atoms with Gasteiger partial charge in [0, 0.05) is 4.47 Å². The molecule has 78 valence electrons. The van der Waals surface area contributed by atoms with E-state index in [1.165, 1.54) is 27.1 Å². The van der Waals surface area contributed by atoms with Crippen molar-refractivity contribution >= 4 is 37.5 Å². The number of fused-ring (bicyclic) bond motifs is 3. The molecule has 0 saturated heterocycles. The first kappa shape index (κ1) is 9.86. The Labute approximate surface area is 103 Å². The van der Waals surface area contributed by atoms with Crippen molar-refractivity contribution in [2.45, 2.75) is 6.92 Å². The van der Waals surface area contributed by atoms with Gasteiger partial charge in [0.15, 0.2) is 0 Å². The lowest BCUT2D eigenvalue weighted by atomic mass is 10.0. The van der Waals surface area contributed by atoms with Crippen LogP contribution >= 0.6 is 15.9 Å². The number of aryl methyl sites for hydroxylation is 1. The zero-order valence-electron chi connectivity index (χ0n) is 9.00. The van der Waals surface area contributed by atoms with Crippen LogP contribution in [-0.2, 0) is 0 Å². The molecule has 0 aliphatic carbocycles. The Morgan fingerprint density at radius 3 is 2.50 bits per heavy atom. The average Bonchev–Trinajstić information content (AvgIpc) is 2.29. The maximum absolute atomic E-state index is 3.60. The van der Waals surface area contributed by atoms with Crippen molar-refractivity contribution in [2.24, 2.45) is 0 Å². The van der Waals surface area contributed by atoms with E-state index in [4.69, 9.17) is 0 Å². The number of hydrogen-bond donors (Lipinski definition) is 0. The second kappa shape index (κ2) is 3.60. The first-order valence-electron chi connectivity index (χ1n) is 5.33. The second-order valence-corrected chi connectivity index (χ2v) is 4.98. The Kier molecular flexibility index (Phi) is 2.22. The molecule has 0 aromatic heterocycles. The van der Waals surface area contributed by atoms with E-state index in [0.717, 1.165) is 4.47 Å². The first-order valence-corrected chi connectivity index (χ1v) is 6.12. The zero-order chi connectivity index (χ0) is 11.1. The summed E-state index contributed by atoms with van der Waals surface area (Å²) in [6, 6.07) is 17.3. The normalized spacial score (nSPS) is 11.1. The van der Waals surface area contributed by atoms with Gasteiger partial charge in [-0.2, -0.15) is 0 Å². The van der Waals surface area contributed by atoms with E-state index in [-0.39, 0.29) is 0 Å². The monoisotopic (exact) mass is 270 g/mol. The minimum absolute atomic E-state index is 1.16. The maximum Gasteiger partial charge on any atom is 0.0253 e. The fourth-order valence-corrected chi connectivity index (χ4v) is 2.66. The molecular weight excluding hydrogens is 260 g/mol. The van der Waals surface area contributed by atoms with E-state index >= 15 is 0 Å². The molecule has 0 bridgehead atoms. The highest BCUT2D eigenvalue weighted by Crippen LogP contribution is 2.30. The molecule has 0 amide bonds. The van der Waals surface area contributed by atoms with Crippen LogP contribution in [0.25, 0.3) is 21.5 Å². The summed E-state index contributed by atoms with van der Waals surface area (Å²) in [7, 11) is 0. The van der Waals surface area contributed by atoms with Gasteiger partial charge < -0.3 is 0 Å². The van der Waals surface area contributed by atoms with E-state index < -0.39 is 0 Å². The van der Waals surface area contributed by atoms with Gasteiger partial charge in [-0.15, -0.1) is 0 Å². The number of benzene rings is 3. The number of halogens is 1. The van der Waals surface area contributed by atoms with E-state index in [9.17, 15) is 0 Å². The predicted molar refractivity (Wildman–Crippen MR) is 73.9 cm³/mol. The summed E-state index contributed by atoms with van der Waals surface area (Å²) in [5.41, 5.74) is 1.31. The molecule has 0 saturated carbocycles. The van der Waals surface area contributed by atoms with Crippen LogP contribution in [0.3, 0.4) is 0 Å². The van der Waals surface area contributed by atoms with Crippen LogP contribution in [-0.4, -0.2) is 0 Å². The fourth-order valence-electron chi connectivity index (χ4n) is 2.16. The Morgan fingerprint density at radius 1 is 0.812 bits per heavy atom. The summed E-state index contributed by atoms with van der Waals surface area (Å²) in [6.45, 7) is 2.14. The largest absolute Gasteiger partial charge is 0.0605 e. The molecule has 16 heavy (non-hydrogen) atoms. The number of hydrogen-bond acceptors (Lipinski definition) is 0. The molecule has 0 spiro atoms. The molecule has 3 aromatic rings. The zero-order valence-corrected chi connectivity index (χ0v) is 10.6. The summed E-state index contributed by atoms with van der Waals surface area (Å²) in [6.07, 6.45) is 0. The highest BCUT2D eigenvalue weighted by atomic mass is 79.9. The van der Waals surface area contributed by atoms with Crippen molar-refractivity contribution in [3.05, 3.63) is 58.6 Å². The molecule has 0 heterocycles. The molecule has 0 radical (unpaired) electrons. The van der Waals surface area contributed by atoms with E-state index in [2.05, 4.69) is 71.4 Å². The SMILES string of the molecule is Cc1ccc2ccc3c(Br)cccc3c2c1. The molecular formula is C15H11Br. The average molecular weight is 271 g/mol. The summed E-state index contributed by atoms with van der Waals surface area (Å²) >= 11 is 3.60. The lowest BCUT2D eigenvalue weighted by molar-refractivity contribution is 1.51. The molecule has 3 aromatic carbocycles. The standard InChI is InChI=1S/C15H11Br/c1-10-5-6-11-7-8-13-12(14(11)9-10)3-2-4-15(13)16/h2-9H,1H3. The van der Waals surface area contributed by atoms with Gasteiger partial charge in [-0.05, 0) is 34.5 Å². The summed E-state index contributed by atoms with van der Waals surface area (Å²) in [5, 5.41) is 5.23. The van der Waals surface area contributed by atoms with Crippen LogP contribution in [0, 0.1) is 6.92 Å². The molecule has 0 nitrogen and oxygen atoms in total. The van der Waals surface area contributed by atoms with Crippen LogP contribution < -0.4 is 0 Å². The lowest BCUT2D eigenvalue weighted by Gasteiger charge is -2.06. The van der Waals surface area contributed by atoms with Gasteiger partial charge in [0.05, 0.1) is 0 Å². The highest BCUT2D eigenvalue weighted by molar-refractivity contribution is 9.10. The second-order valence-electron chi connectivity index (χ2n) is 4.13. The topological polar surface area (TPSA) is 0 Å². The minimum Gasteiger partial charge on any atom is -0.0605 e. The molecule has 0 fully saturated rings. The fraction of sp³-hybridized carbons (Fsp3) is 0.0667. The van der Waals surface area contributed by atoms with Crippen LogP contribution in [0.5, 0.6) is 0 Å². The Hall–Kier alpha value is -1.34. The first-order chi connectivity index (χ1) is 7.75. The van der Waals surface area contributed by atoms with Crippen molar-refractivity contribution < 1.29 is 0 Å². The van der Waals surface area contributed by atoms with Crippen molar-refractivity contribution in [2.75, 3.05) is 0 Å². The summed E-state index contributed by atoms with van der Waals surface area (Å²) < 4.78 is 1.16. The number of rotatable bonds is 0. The van der Waals surface area contributed by atoms with Crippen LogP contribution in [0.1, 0.15) is 5.56 Å². The van der Waals surface area contributed by atoms with Crippen molar-refractivity contribution in [3.8, 4) is 0 Å². The lowest BCUT2D eigenvalue weighted by Crippen LogP contribution is -1.80. The van der Waals surface area contributed by atoms with Gasteiger partial charge >= 0.3 is 0 Å². The molecule has 0 N–H and O–H groups in total. The van der Waals surface area contributed by atoms with Gasteiger partial charge in [0.25, 0.3) is 0 Å². The highest BCUT2D eigenvalue weighted by Gasteiger charge is 2.02. The molecule has 1 heteroatoms. The molecule has 3 rings (SSSR count). The minimum atomic E-state index is 1.16. The van der Waals surface area contributed by atoms with Crippen LogP contribution in [0.4, 0.5) is 0 Å². The van der Waals surface area contributed by atoms with Gasteiger partial charge in [0.2, 0.25) is 0 Å². The quantitative estimate of drug-likeness (QED) is 0.501. The van der Waals surface area contributed by atoms with Gasteiger partial charge in [-0.25, -0.2) is 0 Å². The Morgan fingerprint density at radius 2 is 1.62 bits per heavy atom. The summed E-state index contributed by atoms with van der Waals surface area (Å²) in [4.78, 5) is 0. The van der Waals surface area contributed by atoms with Gasteiger partial charge in [-0.3, -0.25) is 0 Å². The molecule has 0 aliphatic heterocycles. The smallest absolute Gasteiger partial charge is 0.0253 e. The third-order valence-corrected chi connectivity index (χ3v) is 3.67. The predicted octanol–water partition coefficient (Wildman–Crippen LogP) is 5.06. The van der Waals surface area contributed by atoms with Gasteiger partial charge in [0.1, 0.15) is 0 Å².